The van der Waals surface area contributed by atoms with Gasteiger partial charge in [0.2, 0.25) is 15.9 Å². The maximum atomic E-state index is 12.6. The van der Waals surface area contributed by atoms with Gasteiger partial charge in [-0.3, -0.25) is 4.79 Å². The predicted molar refractivity (Wildman–Crippen MR) is 116 cm³/mol. The van der Waals surface area contributed by atoms with Gasteiger partial charge in [-0.15, -0.1) is 0 Å². The molecule has 2 aromatic carbocycles. The molecular weight excluding hydrogens is 388 g/mol. The largest absolute Gasteiger partial charge is 0.492 e. The molecule has 0 saturated carbocycles. The Morgan fingerprint density at radius 3 is 2.24 bits per heavy atom. The summed E-state index contributed by atoms with van der Waals surface area (Å²) >= 11 is 0. The molecule has 0 unspecified atom stereocenters. The zero-order valence-corrected chi connectivity index (χ0v) is 18.5. The number of carbonyl (C=O) groups is 1. The van der Waals surface area contributed by atoms with Crippen LogP contribution in [0.25, 0.3) is 0 Å². The average molecular weight is 419 g/mol. The van der Waals surface area contributed by atoms with Crippen LogP contribution >= 0.6 is 0 Å². The van der Waals surface area contributed by atoms with Crippen LogP contribution < -0.4 is 10.1 Å². The molecule has 158 valence electrons. The quantitative estimate of drug-likeness (QED) is 0.673. The SMILES string of the molecule is CCOc1ccc(NC(=O)Cc2ccc(CC(C)C)cc2)cc1S(=O)(=O)N(C)C. The Kier molecular flexibility index (Phi) is 7.81. The lowest BCUT2D eigenvalue weighted by Crippen LogP contribution is -2.23. The van der Waals surface area contributed by atoms with Crippen molar-refractivity contribution < 1.29 is 17.9 Å². The molecule has 0 aliphatic carbocycles. The number of benzene rings is 2. The van der Waals surface area contributed by atoms with E-state index in [1.165, 1.54) is 25.7 Å². The Labute approximate surface area is 173 Å². The number of rotatable bonds is 9. The van der Waals surface area contributed by atoms with Crippen molar-refractivity contribution >= 4 is 21.6 Å². The van der Waals surface area contributed by atoms with Crippen LogP contribution in [0.3, 0.4) is 0 Å². The Morgan fingerprint density at radius 1 is 1.07 bits per heavy atom. The van der Waals surface area contributed by atoms with Crippen molar-refractivity contribution in [2.45, 2.75) is 38.5 Å². The molecule has 29 heavy (non-hydrogen) atoms. The van der Waals surface area contributed by atoms with Gasteiger partial charge in [-0.05, 0) is 48.6 Å². The van der Waals surface area contributed by atoms with Gasteiger partial charge in [0.05, 0.1) is 13.0 Å². The van der Waals surface area contributed by atoms with Crippen molar-refractivity contribution in [1.29, 1.82) is 0 Å². The van der Waals surface area contributed by atoms with E-state index in [0.717, 1.165) is 16.3 Å². The Hall–Kier alpha value is -2.38. The summed E-state index contributed by atoms with van der Waals surface area (Å²) in [6.07, 6.45) is 1.21. The molecule has 0 saturated heterocycles. The van der Waals surface area contributed by atoms with Crippen LogP contribution in [0.1, 0.15) is 31.9 Å². The number of carbonyl (C=O) groups excluding carboxylic acids is 1. The fourth-order valence-electron chi connectivity index (χ4n) is 2.91. The Morgan fingerprint density at radius 2 is 1.69 bits per heavy atom. The molecule has 1 N–H and O–H groups in total. The third-order valence-corrected chi connectivity index (χ3v) is 6.15. The summed E-state index contributed by atoms with van der Waals surface area (Å²) in [6, 6.07) is 12.6. The number of nitrogens with zero attached hydrogens (tertiary/aromatic N) is 1. The normalized spacial score (nSPS) is 11.7. The number of nitrogens with one attached hydrogen (secondary N) is 1. The summed E-state index contributed by atoms with van der Waals surface area (Å²) in [6.45, 7) is 6.47. The van der Waals surface area contributed by atoms with Crippen molar-refractivity contribution in [1.82, 2.24) is 4.31 Å². The van der Waals surface area contributed by atoms with Crippen LogP contribution in [0.2, 0.25) is 0 Å². The summed E-state index contributed by atoms with van der Waals surface area (Å²) in [5, 5.41) is 2.78. The third-order valence-electron chi connectivity index (χ3n) is 4.32. The standard InChI is InChI=1S/C22H30N2O4S/c1-6-28-20-12-11-19(15-21(20)29(26,27)24(4)5)23-22(25)14-18-9-7-17(8-10-18)13-16(2)3/h7-12,15-16H,6,13-14H2,1-5H3,(H,23,25). The van der Waals surface area contributed by atoms with Gasteiger partial charge in [-0.1, -0.05) is 38.1 Å². The molecule has 0 spiro atoms. The highest BCUT2D eigenvalue weighted by molar-refractivity contribution is 7.89. The molecule has 0 aromatic heterocycles. The Balaban J connectivity index is 2.15. The maximum absolute atomic E-state index is 12.6. The first-order valence-electron chi connectivity index (χ1n) is 9.70. The van der Waals surface area contributed by atoms with Crippen LogP contribution in [-0.4, -0.2) is 39.3 Å². The molecular formula is C22H30N2O4S. The first-order valence-corrected chi connectivity index (χ1v) is 11.1. The molecule has 0 aliphatic rings. The van der Waals surface area contributed by atoms with Gasteiger partial charge in [-0.2, -0.15) is 0 Å². The molecule has 0 heterocycles. The summed E-state index contributed by atoms with van der Waals surface area (Å²) < 4.78 is 31.8. The van der Waals surface area contributed by atoms with Gasteiger partial charge in [0, 0.05) is 19.8 Å². The van der Waals surface area contributed by atoms with E-state index in [1.807, 2.05) is 24.3 Å². The van der Waals surface area contributed by atoms with E-state index in [-0.39, 0.29) is 23.0 Å². The number of ether oxygens (including phenoxy) is 1. The minimum Gasteiger partial charge on any atom is -0.492 e. The van der Waals surface area contributed by atoms with E-state index in [2.05, 4.69) is 19.2 Å². The molecule has 2 aromatic rings. The van der Waals surface area contributed by atoms with Gasteiger partial charge in [0.25, 0.3) is 0 Å². The van der Waals surface area contributed by atoms with Crippen molar-refractivity contribution in [2.24, 2.45) is 5.92 Å². The van der Waals surface area contributed by atoms with Gasteiger partial charge in [0.1, 0.15) is 10.6 Å². The van der Waals surface area contributed by atoms with Gasteiger partial charge < -0.3 is 10.1 Å². The van der Waals surface area contributed by atoms with E-state index < -0.39 is 10.0 Å². The third kappa shape index (κ3) is 6.30. The summed E-state index contributed by atoms with van der Waals surface area (Å²) in [4.78, 5) is 12.5. The highest BCUT2D eigenvalue weighted by Gasteiger charge is 2.23. The minimum absolute atomic E-state index is 0.0280. The van der Waals surface area contributed by atoms with Crippen molar-refractivity contribution in [3.8, 4) is 5.75 Å². The molecule has 0 fully saturated rings. The fourth-order valence-corrected chi connectivity index (χ4v) is 3.96. The lowest BCUT2D eigenvalue weighted by Gasteiger charge is -2.16. The van der Waals surface area contributed by atoms with E-state index in [4.69, 9.17) is 4.74 Å². The van der Waals surface area contributed by atoms with Crippen LogP contribution in [-0.2, 0) is 27.7 Å². The van der Waals surface area contributed by atoms with E-state index >= 15 is 0 Å². The maximum Gasteiger partial charge on any atom is 0.246 e. The lowest BCUT2D eigenvalue weighted by molar-refractivity contribution is -0.115. The average Bonchev–Trinajstić information content (AvgIpc) is 2.64. The molecule has 1 amide bonds. The van der Waals surface area contributed by atoms with E-state index in [1.54, 1.807) is 19.1 Å². The summed E-state index contributed by atoms with van der Waals surface area (Å²) in [5.41, 5.74) is 2.56. The molecule has 0 radical (unpaired) electrons. The van der Waals surface area contributed by atoms with Crippen molar-refractivity contribution in [3.63, 3.8) is 0 Å². The molecule has 0 atom stereocenters. The zero-order chi connectivity index (χ0) is 21.6. The highest BCUT2D eigenvalue weighted by atomic mass is 32.2. The molecule has 6 nitrogen and oxygen atoms in total. The van der Waals surface area contributed by atoms with Crippen molar-refractivity contribution in [2.75, 3.05) is 26.0 Å². The fraction of sp³-hybridized carbons (Fsp3) is 0.409. The van der Waals surface area contributed by atoms with Gasteiger partial charge in [-0.25, -0.2) is 12.7 Å². The monoisotopic (exact) mass is 418 g/mol. The predicted octanol–water partition coefficient (Wildman–Crippen LogP) is 3.72. The molecule has 0 aliphatic heterocycles. The zero-order valence-electron chi connectivity index (χ0n) is 17.7. The molecule has 0 bridgehead atoms. The van der Waals surface area contributed by atoms with Crippen LogP contribution in [0.15, 0.2) is 47.4 Å². The first kappa shape index (κ1) is 22.9. The smallest absolute Gasteiger partial charge is 0.246 e. The summed E-state index contributed by atoms with van der Waals surface area (Å²) in [5.74, 6) is 0.635. The number of amides is 1. The van der Waals surface area contributed by atoms with Crippen LogP contribution in [0.4, 0.5) is 5.69 Å². The van der Waals surface area contributed by atoms with Gasteiger partial charge >= 0.3 is 0 Å². The topological polar surface area (TPSA) is 75.7 Å². The van der Waals surface area contributed by atoms with Crippen LogP contribution in [0.5, 0.6) is 5.75 Å². The molecule has 7 heteroatoms. The van der Waals surface area contributed by atoms with Gasteiger partial charge in [0.15, 0.2) is 0 Å². The van der Waals surface area contributed by atoms with E-state index in [9.17, 15) is 13.2 Å². The first-order chi connectivity index (χ1) is 13.6. The highest BCUT2D eigenvalue weighted by Crippen LogP contribution is 2.29. The minimum atomic E-state index is -3.70. The molecule has 2 rings (SSSR count). The van der Waals surface area contributed by atoms with Crippen molar-refractivity contribution in [3.05, 3.63) is 53.6 Å². The number of anilines is 1. The van der Waals surface area contributed by atoms with Crippen LogP contribution in [0, 0.1) is 5.92 Å². The van der Waals surface area contributed by atoms with E-state index in [0.29, 0.717) is 18.2 Å². The summed E-state index contributed by atoms with van der Waals surface area (Å²) in [7, 11) is -0.789. The second-order valence-electron chi connectivity index (χ2n) is 7.52. The Bertz CT molecular complexity index is 936. The second kappa shape index (κ2) is 9.89. The number of sulfonamides is 1. The number of hydrogen-bond donors (Lipinski definition) is 1. The number of hydrogen-bond acceptors (Lipinski definition) is 4. The lowest BCUT2D eigenvalue weighted by atomic mass is 10.0. The second-order valence-corrected chi connectivity index (χ2v) is 9.64.